The smallest absolute Gasteiger partial charge is 0.411 e. The van der Waals surface area contributed by atoms with E-state index in [-0.39, 0.29) is 5.92 Å². The van der Waals surface area contributed by atoms with Crippen molar-refractivity contribution in [3.63, 3.8) is 0 Å². The van der Waals surface area contributed by atoms with Crippen LogP contribution in [0.1, 0.15) is 6.42 Å². The zero-order valence-corrected chi connectivity index (χ0v) is 14.0. The Hall–Kier alpha value is -2.47. The van der Waals surface area contributed by atoms with Crippen molar-refractivity contribution >= 4 is 11.8 Å². The topological polar surface area (TPSA) is 43.8 Å². The molecule has 4 nitrogen and oxygen atoms in total. The molecule has 0 spiro atoms. The van der Waals surface area contributed by atoms with E-state index in [1.54, 1.807) is 6.07 Å². The number of halogens is 2. The van der Waals surface area contributed by atoms with Crippen molar-refractivity contribution in [1.29, 1.82) is 0 Å². The number of carbonyl (C=O) groups is 1. The van der Waals surface area contributed by atoms with Crippen LogP contribution in [0.3, 0.4) is 0 Å². The molecule has 3 rings (SSSR count). The largest absolute Gasteiger partial charge is 0.465 e. The van der Waals surface area contributed by atoms with Crippen molar-refractivity contribution in [3.8, 4) is 11.1 Å². The number of rotatable bonds is 4. The Morgan fingerprint density at radius 3 is 2.64 bits per heavy atom. The van der Waals surface area contributed by atoms with Crippen LogP contribution >= 0.6 is 0 Å². The Kier molecular flexibility index (Phi) is 4.99. The molecular formula is C19H20F2N2O2. The van der Waals surface area contributed by atoms with Crippen LogP contribution in [-0.4, -0.2) is 42.8 Å². The molecule has 1 aliphatic heterocycles. The van der Waals surface area contributed by atoms with E-state index in [1.807, 2.05) is 7.05 Å². The van der Waals surface area contributed by atoms with Gasteiger partial charge in [-0.25, -0.2) is 13.6 Å². The number of amides is 1. The Balaban J connectivity index is 2.00. The molecule has 1 amide bonds. The molecule has 1 N–H and O–H groups in total. The second-order valence-electron chi connectivity index (χ2n) is 6.48. The second-order valence-corrected chi connectivity index (χ2v) is 6.48. The number of hydrogen-bond donors (Lipinski definition) is 1. The van der Waals surface area contributed by atoms with Gasteiger partial charge in [0.25, 0.3) is 0 Å². The predicted octanol–water partition coefficient (Wildman–Crippen LogP) is 4.07. The molecule has 2 aromatic carbocycles. The van der Waals surface area contributed by atoms with Gasteiger partial charge in [0, 0.05) is 18.7 Å². The zero-order chi connectivity index (χ0) is 18.0. The van der Waals surface area contributed by atoms with Crippen molar-refractivity contribution in [2.45, 2.75) is 6.42 Å². The maximum Gasteiger partial charge on any atom is 0.411 e. The van der Waals surface area contributed by atoms with Gasteiger partial charge < -0.3 is 10.0 Å². The summed E-state index contributed by atoms with van der Waals surface area (Å²) in [6.07, 6.45) is -0.185. The summed E-state index contributed by atoms with van der Waals surface area (Å²) in [4.78, 5) is 15.2. The standard InChI is InChI=1S/C19H20F2N2O2/c1-22-8-7-13(11-22)12-23(19(24)25)18-6-5-16(21)10-17(18)14-3-2-4-15(20)9-14/h2-6,9-10,13H,7-8,11-12H2,1H3,(H,24,25)/t13-/m1/s1. The zero-order valence-electron chi connectivity index (χ0n) is 14.0. The highest BCUT2D eigenvalue weighted by Crippen LogP contribution is 2.33. The van der Waals surface area contributed by atoms with Gasteiger partial charge in [0.15, 0.2) is 0 Å². The molecule has 0 bridgehead atoms. The predicted molar refractivity (Wildman–Crippen MR) is 92.8 cm³/mol. The van der Waals surface area contributed by atoms with E-state index >= 15 is 0 Å². The molecule has 25 heavy (non-hydrogen) atoms. The highest BCUT2D eigenvalue weighted by Gasteiger charge is 2.27. The molecule has 0 radical (unpaired) electrons. The van der Waals surface area contributed by atoms with Crippen LogP contribution in [0.2, 0.25) is 0 Å². The Bertz CT molecular complexity index is 782. The fraction of sp³-hybridized carbons (Fsp3) is 0.316. The fourth-order valence-electron chi connectivity index (χ4n) is 3.34. The molecule has 1 atom stereocenters. The van der Waals surface area contributed by atoms with Crippen molar-refractivity contribution in [1.82, 2.24) is 4.90 Å². The van der Waals surface area contributed by atoms with E-state index in [2.05, 4.69) is 4.90 Å². The van der Waals surface area contributed by atoms with Gasteiger partial charge in [-0.1, -0.05) is 12.1 Å². The third-order valence-corrected chi connectivity index (χ3v) is 4.55. The average molecular weight is 346 g/mol. The SMILES string of the molecule is CN1CC[C@@H](CN(C(=O)O)c2ccc(F)cc2-c2cccc(F)c2)C1. The lowest BCUT2D eigenvalue weighted by Gasteiger charge is -2.25. The summed E-state index contributed by atoms with van der Waals surface area (Å²) in [6.45, 7) is 2.08. The van der Waals surface area contributed by atoms with Crippen molar-refractivity contribution in [2.24, 2.45) is 5.92 Å². The van der Waals surface area contributed by atoms with Gasteiger partial charge in [-0.3, -0.25) is 4.90 Å². The van der Waals surface area contributed by atoms with Crippen molar-refractivity contribution in [2.75, 3.05) is 31.6 Å². The molecule has 2 aromatic rings. The van der Waals surface area contributed by atoms with Crippen molar-refractivity contribution < 1.29 is 18.7 Å². The van der Waals surface area contributed by atoms with E-state index in [1.165, 1.54) is 41.3 Å². The number of benzene rings is 2. The first kappa shape index (κ1) is 17.4. The highest BCUT2D eigenvalue weighted by molar-refractivity contribution is 5.92. The molecule has 6 heteroatoms. The summed E-state index contributed by atoms with van der Waals surface area (Å²) in [5, 5.41) is 9.69. The van der Waals surface area contributed by atoms with Crippen molar-refractivity contribution in [3.05, 3.63) is 54.1 Å². The summed E-state index contributed by atoms with van der Waals surface area (Å²) in [5.74, 6) is -0.729. The molecule has 132 valence electrons. The first-order chi connectivity index (χ1) is 11.9. The molecule has 1 heterocycles. The maximum atomic E-state index is 13.8. The summed E-state index contributed by atoms with van der Waals surface area (Å²) < 4.78 is 27.4. The summed E-state index contributed by atoms with van der Waals surface area (Å²) >= 11 is 0. The minimum Gasteiger partial charge on any atom is -0.465 e. The van der Waals surface area contributed by atoms with Gasteiger partial charge in [-0.15, -0.1) is 0 Å². The lowest BCUT2D eigenvalue weighted by molar-refractivity contribution is 0.200. The molecule has 0 aromatic heterocycles. The van der Waals surface area contributed by atoms with Gasteiger partial charge in [-0.2, -0.15) is 0 Å². The minimum absolute atomic E-state index is 0.214. The first-order valence-electron chi connectivity index (χ1n) is 8.18. The van der Waals surface area contributed by atoms with Gasteiger partial charge in [0.05, 0.1) is 5.69 Å². The Morgan fingerprint density at radius 2 is 2.00 bits per heavy atom. The molecule has 1 saturated heterocycles. The normalized spacial score (nSPS) is 17.6. The molecule has 0 unspecified atom stereocenters. The lowest BCUT2D eigenvalue weighted by Crippen LogP contribution is -2.35. The van der Waals surface area contributed by atoms with Crippen LogP contribution < -0.4 is 4.90 Å². The van der Waals surface area contributed by atoms with Crippen LogP contribution in [0, 0.1) is 17.6 Å². The van der Waals surface area contributed by atoms with E-state index in [0.717, 1.165) is 19.5 Å². The van der Waals surface area contributed by atoms with Crippen LogP contribution in [-0.2, 0) is 0 Å². The van der Waals surface area contributed by atoms with E-state index < -0.39 is 17.7 Å². The summed E-state index contributed by atoms with van der Waals surface area (Å²) in [7, 11) is 2.00. The average Bonchev–Trinajstić information content (AvgIpc) is 2.98. The third kappa shape index (κ3) is 3.96. The number of anilines is 1. The quantitative estimate of drug-likeness (QED) is 0.908. The number of nitrogens with zero attached hydrogens (tertiary/aromatic N) is 2. The van der Waals surface area contributed by atoms with E-state index in [0.29, 0.717) is 23.4 Å². The van der Waals surface area contributed by atoms with Gasteiger partial charge in [-0.05, 0) is 61.8 Å². The third-order valence-electron chi connectivity index (χ3n) is 4.55. The molecule has 1 fully saturated rings. The molecule has 0 saturated carbocycles. The Labute approximate surface area is 145 Å². The number of carboxylic acid groups (broad SMARTS) is 1. The van der Waals surface area contributed by atoms with Gasteiger partial charge in [0.2, 0.25) is 0 Å². The van der Waals surface area contributed by atoms with Crippen LogP contribution in [0.15, 0.2) is 42.5 Å². The summed E-state index contributed by atoms with van der Waals surface area (Å²) in [5.41, 5.74) is 1.19. The van der Waals surface area contributed by atoms with Crippen LogP contribution in [0.4, 0.5) is 19.3 Å². The summed E-state index contributed by atoms with van der Waals surface area (Å²) in [6, 6.07) is 9.67. The molecule has 0 aliphatic carbocycles. The van der Waals surface area contributed by atoms with Gasteiger partial charge >= 0.3 is 6.09 Å². The van der Waals surface area contributed by atoms with E-state index in [9.17, 15) is 18.7 Å². The number of likely N-dealkylation sites (tertiary alicyclic amines) is 1. The maximum absolute atomic E-state index is 13.8. The van der Waals surface area contributed by atoms with E-state index in [4.69, 9.17) is 0 Å². The molecule has 1 aliphatic rings. The number of hydrogen-bond acceptors (Lipinski definition) is 2. The van der Waals surface area contributed by atoms with Crippen LogP contribution in [0.25, 0.3) is 11.1 Å². The first-order valence-corrected chi connectivity index (χ1v) is 8.18. The lowest BCUT2D eigenvalue weighted by atomic mass is 10.0. The van der Waals surface area contributed by atoms with Gasteiger partial charge in [0.1, 0.15) is 11.6 Å². The monoisotopic (exact) mass is 346 g/mol. The second kappa shape index (κ2) is 7.19. The highest BCUT2D eigenvalue weighted by atomic mass is 19.1. The Morgan fingerprint density at radius 1 is 1.24 bits per heavy atom. The minimum atomic E-state index is -1.10. The molecular weight excluding hydrogens is 326 g/mol. The fourth-order valence-corrected chi connectivity index (χ4v) is 3.34. The van der Waals surface area contributed by atoms with Crippen LogP contribution in [0.5, 0.6) is 0 Å².